The molecule has 1 N–H and O–H groups in total. The summed E-state index contributed by atoms with van der Waals surface area (Å²) in [5, 5.41) is 3.30. The average molecular weight is 275 g/mol. The summed E-state index contributed by atoms with van der Waals surface area (Å²) in [4.78, 5) is 23.5. The fourth-order valence-corrected chi connectivity index (χ4v) is 1.46. The van der Waals surface area contributed by atoms with Gasteiger partial charge in [0.05, 0.1) is 10.0 Å². The highest BCUT2D eigenvalue weighted by Crippen LogP contribution is 2.25. The summed E-state index contributed by atoms with van der Waals surface area (Å²) in [6.45, 7) is 3.48. The summed E-state index contributed by atoms with van der Waals surface area (Å²) >= 11 is 11.6. The Morgan fingerprint density at radius 1 is 1.35 bits per heavy atom. The number of carbonyl (C=O) groups excluding carboxylic acids is 2. The molecule has 0 unspecified atom stereocenters. The molecule has 0 aliphatic heterocycles. The van der Waals surface area contributed by atoms with Gasteiger partial charge in [0.1, 0.15) is 0 Å². The molecular formula is C11H12Cl2N2O2. The highest BCUT2D eigenvalue weighted by molar-refractivity contribution is 6.42. The highest BCUT2D eigenvalue weighted by Gasteiger charge is 2.16. The molecule has 0 aromatic heterocycles. The average Bonchev–Trinajstić information content (AvgIpc) is 2.24. The minimum absolute atomic E-state index is 0.213. The van der Waals surface area contributed by atoms with Crippen LogP contribution >= 0.6 is 23.2 Å². The van der Waals surface area contributed by atoms with E-state index in [1.165, 1.54) is 6.07 Å². The summed E-state index contributed by atoms with van der Waals surface area (Å²) < 4.78 is 0. The molecule has 1 aromatic rings. The maximum absolute atomic E-state index is 11.7. The molecule has 1 rings (SSSR count). The smallest absolute Gasteiger partial charge is 0.307 e. The van der Waals surface area contributed by atoms with E-state index in [0.717, 1.165) is 4.90 Å². The molecule has 0 aliphatic rings. The zero-order chi connectivity index (χ0) is 13.0. The van der Waals surface area contributed by atoms with Crippen LogP contribution in [0, 0.1) is 0 Å². The number of urea groups is 1. The summed E-state index contributed by atoms with van der Waals surface area (Å²) in [7, 11) is 0. The molecule has 0 saturated heterocycles. The zero-order valence-corrected chi connectivity index (χ0v) is 10.9. The molecule has 0 spiro atoms. The monoisotopic (exact) mass is 274 g/mol. The lowest BCUT2D eigenvalue weighted by atomic mass is 10.3. The minimum Gasteiger partial charge on any atom is -0.307 e. The topological polar surface area (TPSA) is 49.4 Å². The van der Waals surface area contributed by atoms with Gasteiger partial charge in [-0.2, -0.15) is 0 Å². The Kier molecular flexibility index (Phi) is 4.78. The van der Waals surface area contributed by atoms with Crippen molar-refractivity contribution >= 4 is 41.3 Å². The molecule has 0 saturated carbocycles. The highest BCUT2D eigenvalue weighted by atomic mass is 35.5. The third kappa shape index (κ3) is 3.61. The van der Waals surface area contributed by atoms with Crippen LogP contribution in [0.1, 0.15) is 13.8 Å². The van der Waals surface area contributed by atoms with E-state index in [-0.39, 0.29) is 6.04 Å². The molecule has 0 atom stereocenters. The van der Waals surface area contributed by atoms with Gasteiger partial charge < -0.3 is 5.32 Å². The van der Waals surface area contributed by atoms with Gasteiger partial charge in [0.2, 0.25) is 6.41 Å². The second-order valence-corrected chi connectivity index (χ2v) is 4.48. The van der Waals surface area contributed by atoms with Crippen molar-refractivity contribution in [1.82, 2.24) is 4.90 Å². The van der Waals surface area contributed by atoms with Crippen LogP contribution in [0.4, 0.5) is 10.5 Å². The Bertz CT molecular complexity index is 435. The van der Waals surface area contributed by atoms with E-state index in [1.54, 1.807) is 26.0 Å². The summed E-state index contributed by atoms with van der Waals surface area (Å²) in [6, 6.07) is 3.98. The summed E-state index contributed by atoms with van der Waals surface area (Å²) in [5.41, 5.74) is 0.483. The molecule has 4 nitrogen and oxygen atoms in total. The van der Waals surface area contributed by atoms with Crippen molar-refractivity contribution in [3.8, 4) is 0 Å². The van der Waals surface area contributed by atoms with E-state index in [9.17, 15) is 9.59 Å². The molecule has 0 radical (unpaired) electrons. The first-order valence-corrected chi connectivity index (χ1v) is 5.71. The molecule has 17 heavy (non-hydrogen) atoms. The number of halogens is 2. The molecule has 0 heterocycles. The van der Waals surface area contributed by atoms with Crippen molar-refractivity contribution in [3.05, 3.63) is 28.2 Å². The summed E-state index contributed by atoms with van der Waals surface area (Å²) in [6.07, 6.45) is 0.484. The maximum Gasteiger partial charge on any atom is 0.328 e. The summed E-state index contributed by atoms with van der Waals surface area (Å²) in [5.74, 6) is 0. The lowest BCUT2D eigenvalue weighted by molar-refractivity contribution is -0.116. The van der Waals surface area contributed by atoms with Gasteiger partial charge in [-0.05, 0) is 32.0 Å². The third-order valence-corrected chi connectivity index (χ3v) is 2.81. The van der Waals surface area contributed by atoms with Crippen LogP contribution < -0.4 is 5.32 Å². The molecule has 92 valence electrons. The number of hydrogen-bond donors (Lipinski definition) is 1. The maximum atomic E-state index is 11.7. The third-order valence-electron chi connectivity index (χ3n) is 2.08. The molecule has 0 bridgehead atoms. The van der Waals surface area contributed by atoms with Gasteiger partial charge in [-0.3, -0.25) is 9.69 Å². The number of amides is 3. The Labute approximate surface area is 109 Å². The van der Waals surface area contributed by atoms with Crippen LogP contribution in [-0.4, -0.2) is 23.4 Å². The van der Waals surface area contributed by atoms with Crippen molar-refractivity contribution in [1.29, 1.82) is 0 Å². The van der Waals surface area contributed by atoms with Gasteiger partial charge in [0, 0.05) is 11.7 Å². The molecule has 0 aliphatic carbocycles. The van der Waals surface area contributed by atoms with Crippen molar-refractivity contribution in [2.45, 2.75) is 19.9 Å². The second kappa shape index (κ2) is 5.89. The largest absolute Gasteiger partial charge is 0.328 e. The molecule has 3 amide bonds. The van der Waals surface area contributed by atoms with E-state index in [4.69, 9.17) is 23.2 Å². The van der Waals surface area contributed by atoms with E-state index < -0.39 is 6.03 Å². The quantitative estimate of drug-likeness (QED) is 0.859. The van der Waals surface area contributed by atoms with Gasteiger partial charge in [0.25, 0.3) is 0 Å². The lowest BCUT2D eigenvalue weighted by Gasteiger charge is -2.20. The van der Waals surface area contributed by atoms with E-state index >= 15 is 0 Å². The van der Waals surface area contributed by atoms with Gasteiger partial charge in [-0.15, -0.1) is 0 Å². The Balaban J connectivity index is 2.80. The Morgan fingerprint density at radius 2 is 2.00 bits per heavy atom. The lowest BCUT2D eigenvalue weighted by Crippen LogP contribution is -2.38. The van der Waals surface area contributed by atoms with Gasteiger partial charge >= 0.3 is 6.03 Å². The van der Waals surface area contributed by atoms with Crippen LogP contribution in [0.15, 0.2) is 18.2 Å². The molecule has 0 fully saturated rings. The van der Waals surface area contributed by atoms with Gasteiger partial charge in [-0.25, -0.2) is 4.79 Å². The number of hydrogen-bond acceptors (Lipinski definition) is 2. The number of nitrogens with zero attached hydrogens (tertiary/aromatic N) is 1. The van der Waals surface area contributed by atoms with Crippen LogP contribution in [0.3, 0.4) is 0 Å². The fourth-order valence-electron chi connectivity index (χ4n) is 1.17. The standard InChI is InChI=1S/C11H12Cl2N2O2/c1-7(2)15(6-16)11(17)14-8-3-4-9(12)10(13)5-8/h3-7H,1-2H3,(H,14,17). The van der Waals surface area contributed by atoms with Crippen LogP contribution in [0.25, 0.3) is 0 Å². The Hall–Kier alpha value is -1.26. The van der Waals surface area contributed by atoms with Crippen LogP contribution in [-0.2, 0) is 4.79 Å². The van der Waals surface area contributed by atoms with Crippen molar-refractivity contribution in [2.24, 2.45) is 0 Å². The predicted octanol–water partition coefficient (Wildman–Crippen LogP) is 3.39. The zero-order valence-electron chi connectivity index (χ0n) is 9.41. The number of anilines is 1. The molecular weight excluding hydrogens is 263 g/mol. The molecule has 1 aromatic carbocycles. The van der Waals surface area contributed by atoms with Gasteiger partial charge in [0.15, 0.2) is 0 Å². The minimum atomic E-state index is -0.506. The fraction of sp³-hybridized carbons (Fsp3) is 0.273. The number of rotatable bonds is 3. The van der Waals surface area contributed by atoms with Crippen molar-refractivity contribution < 1.29 is 9.59 Å². The van der Waals surface area contributed by atoms with Crippen molar-refractivity contribution in [2.75, 3.05) is 5.32 Å². The molecule has 6 heteroatoms. The number of carbonyl (C=O) groups is 2. The Morgan fingerprint density at radius 3 is 2.47 bits per heavy atom. The first-order chi connectivity index (χ1) is 7.95. The number of benzene rings is 1. The predicted molar refractivity (Wildman–Crippen MR) is 68.5 cm³/mol. The number of imide groups is 1. The second-order valence-electron chi connectivity index (χ2n) is 3.67. The van der Waals surface area contributed by atoms with E-state index in [0.29, 0.717) is 22.1 Å². The van der Waals surface area contributed by atoms with E-state index in [2.05, 4.69) is 5.32 Å². The van der Waals surface area contributed by atoms with Crippen LogP contribution in [0.2, 0.25) is 10.0 Å². The first-order valence-electron chi connectivity index (χ1n) is 4.95. The first kappa shape index (κ1) is 13.8. The van der Waals surface area contributed by atoms with Crippen LogP contribution in [0.5, 0.6) is 0 Å². The SMILES string of the molecule is CC(C)N(C=O)C(=O)Nc1ccc(Cl)c(Cl)c1. The van der Waals surface area contributed by atoms with Gasteiger partial charge in [-0.1, -0.05) is 23.2 Å². The number of nitrogens with one attached hydrogen (secondary N) is 1. The normalized spacial score (nSPS) is 10.2. The van der Waals surface area contributed by atoms with E-state index in [1.807, 2.05) is 0 Å². The van der Waals surface area contributed by atoms with Crippen molar-refractivity contribution in [3.63, 3.8) is 0 Å².